The van der Waals surface area contributed by atoms with Crippen molar-refractivity contribution in [3.05, 3.63) is 24.0 Å². The van der Waals surface area contributed by atoms with Crippen molar-refractivity contribution in [2.45, 2.75) is 26.7 Å². The van der Waals surface area contributed by atoms with Gasteiger partial charge in [0.15, 0.2) is 0 Å². The predicted octanol–water partition coefficient (Wildman–Crippen LogP) is 2.78. The van der Waals surface area contributed by atoms with Crippen LogP contribution in [-0.4, -0.2) is 5.91 Å². The van der Waals surface area contributed by atoms with Gasteiger partial charge in [0.2, 0.25) is 5.91 Å². The molecule has 0 saturated heterocycles. The van der Waals surface area contributed by atoms with Gasteiger partial charge in [-0.2, -0.15) is 0 Å². The smallest absolute Gasteiger partial charge is 0.224 e. The molecule has 1 amide bonds. The second-order valence-electron chi connectivity index (χ2n) is 4.00. The molecule has 88 valence electrons. The monoisotopic (exact) mass is 224 g/mol. The van der Waals surface area contributed by atoms with Crippen LogP contribution in [0, 0.1) is 11.7 Å². The van der Waals surface area contributed by atoms with Crippen LogP contribution in [0.15, 0.2) is 18.2 Å². The van der Waals surface area contributed by atoms with Gasteiger partial charge in [-0.1, -0.05) is 20.3 Å². The van der Waals surface area contributed by atoms with Crippen LogP contribution >= 0.6 is 0 Å². The number of amides is 1. The molecule has 16 heavy (non-hydrogen) atoms. The van der Waals surface area contributed by atoms with Crippen molar-refractivity contribution in [1.29, 1.82) is 0 Å². The zero-order chi connectivity index (χ0) is 12.1. The summed E-state index contributed by atoms with van der Waals surface area (Å²) in [6.45, 7) is 4.04. The highest BCUT2D eigenvalue weighted by Gasteiger charge is 2.09. The zero-order valence-corrected chi connectivity index (χ0v) is 9.59. The maximum absolute atomic E-state index is 12.8. The highest BCUT2D eigenvalue weighted by molar-refractivity contribution is 5.93. The van der Waals surface area contributed by atoms with Crippen LogP contribution in [0.4, 0.5) is 15.8 Å². The molecule has 1 aromatic rings. The van der Waals surface area contributed by atoms with Crippen LogP contribution in [0.1, 0.15) is 26.7 Å². The highest BCUT2D eigenvalue weighted by atomic mass is 19.1. The van der Waals surface area contributed by atoms with Crippen LogP contribution in [0.5, 0.6) is 0 Å². The molecule has 0 aliphatic heterocycles. The van der Waals surface area contributed by atoms with Gasteiger partial charge in [-0.3, -0.25) is 4.79 Å². The summed E-state index contributed by atoms with van der Waals surface area (Å²) in [7, 11) is 0. The topological polar surface area (TPSA) is 55.1 Å². The number of carbonyl (C=O) groups is 1. The number of halogens is 1. The number of benzene rings is 1. The first-order valence-corrected chi connectivity index (χ1v) is 5.37. The SMILES string of the molecule is CCC(C)CC(=O)Nc1ccc(F)cc1N. The molecule has 1 aromatic carbocycles. The van der Waals surface area contributed by atoms with Crippen molar-refractivity contribution < 1.29 is 9.18 Å². The predicted molar refractivity (Wildman–Crippen MR) is 63.5 cm³/mol. The van der Waals surface area contributed by atoms with Crippen molar-refractivity contribution in [3.8, 4) is 0 Å². The molecule has 3 nitrogen and oxygen atoms in total. The van der Waals surface area contributed by atoms with Gasteiger partial charge < -0.3 is 11.1 Å². The number of hydrogen-bond donors (Lipinski definition) is 2. The minimum atomic E-state index is -0.405. The summed E-state index contributed by atoms with van der Waals surface area (Å²) in [4.78, 5) is 11.6. The minimum absolute atomic E-state index is 0.0901. The van der Waals surface area contributed by atoms with E-state index in [1.54, 1.807) is 0 Å². The van der Waals surface area contributed by atoms with Gasteiger partial charge in [0, 0.05) is 6.42 Å². The maximum Gasteiger partial charge on any atom is 0.224 e. The van der Waals surface area contributed by atoms with E-state index in [1.807, 2.05) is 13.8 Å². The number of nitrogen functional groups attached to an aromatic ring is 1. The van der Waals surface area contributed by atoms with Gasteiger partial charge in [-0.25, -0.2) is 4.39 Å². The standard InChI is InChI=1S/C12H17FN2O/c1-3-8(2)6-12(16)15-11-5-4-9(13)7-10(11)14/h4-5,7-8H,3,6,14H2,1-2H3,(H,15,16). The second kappa shape index (κ2) is 5.49. The fourth-order valence-electron chi connectivity index (χ4n) is 1.31. The molecular formula is C12H17FN2O. The first-order chi connectivity index (χ1) is 7.52. The number of carbonyl (C=O) groups excluding carboxylic acids is 1. The Morgan fingerprint density at radius 3 is 2.81 bits per heavy atom. The molecule has 1 rings (SSSR count). The Balaban J connectivity index is 2.63. The Kier molecular flexibility index (Phi) is 4.28. The van der Waals surface area contributed by atoms with Crippen LogP contribution < -0.4 is 11.1 Å². The molecule has 1 atom stereocenters. The number of rotatable bonds is 4. The van der Waals surface area contributed by atoms with Crippen molar-refractivity contribution in [3.63, 3.8) is 0 Å². The lowest BCUT2D eigenvalue weighted by molar-refractivity contribution is -0.117. The minimum Gasteiger partial charge on any atom is -0.397 e. The average Bonchev–Trinajstić information content (AvgIpc) is 2.22. The molecule has 0 aromatic heterocycles. The fraction of sp³-hybridized carbons (Fsp3) is 0.417. The maximum atomic E-state index is 12.8. The molecule has 0 radical (unpaired) electrons. The van der Waals surface area contributed by atoms with Crippen LogP contribution in [0.25, 0.3) is 0 Å². The second-order valence-corrected chi connectivity index (χ2v) is 4.00. The van der Waals surface area contributed by atoms with Crippen LogP contribution in [0.2, 0.25) is 0 Å². The largest absolute Gasteiger partial charge is 0.397 e. The van der Waals surface area contributed by atoms with Gasteiger partial charge >= 0.3 is 0 Å². The van der Waals surface area contributed by atoms with E-state index in [9.17, 15) is 9.18 Å². The van der Waals surface area contributed by atoms with E-state index in [4.69, 9.17) is 5.73 Å². The van der Waals surface area contributed by atoms with Gasteiger partial charge in [0.25, 0.3) is 0 Å². The van der Waals surface area contributed by atoms with E-state index in [0.29, 0.717) is 18.0 Å². The van der Waals surface area contributed by atoms with E-state index in [2.05, 4.69) is 5.32 Å². The van der Waals surface area contributed by atoms with Crippen molar-refractivity contribution in [2.75, 3.05) is 11.1 Å². The number of nitrogens with two attached hydrogens (primary N) is 1. The zero-order valence-electron chi connectivity index (χ0n) is 9.59. The first kappa shape index (κ1) is 12.5. The van der Waals surface area contributed by atoms with E-state index >= 15 is 0 Å². The molecule has 0 spiro atoms. The van der Waals surface area contributed by atoms with E-state index in [1.165, 1.54) is 18.2 Å². The molecule has 0 saturated carbocycles. The van der Waals surface area contributed by atoms with Crippen molar-refractivity contribution in [1.82, 2.24) is 0 Å². The quantitative estimate of drug-likeness (QED) is 0.773. The number of hydrogen-bond acceptors (Lipinski definition) is 2. The summed E-state index contributed by atoms with van der Waals surface area (Å²) < 4.78 is 12.8. The summed E-state index contributed by atoms with van der Waals surface area (Å²) in [6.07, 6.45) is 1.40. The lowest BCUT2D eigenvalue weighted by Crippen LogP contribution is -2.15. The summed E-state index contributed by atoms with van der Waals surface area (Å²) in [5.41, 5.74) is 6.29. The highest BCUT2D eigenvalue weighted by Crippen LogP contribution is 2.19. The summed E-state index contributed by atoms with van der Waals surface area (Å²) in [5.74, 6) is -0.160. The van der Waals surface area contributed by atoms with Gasteiger partial charge in [0.05, 0.1) is 11.4 Å². The Hall–Kier alpha value is -1.58. The summed E-state index contributed by atoms with van der Waals surface area (Å²) in [5, 5.41) is 2.67. The van der Waals surface area contributed by atoms with Gasteiger partial charge in [0.1, 0.15) is 5.82 Å². The molecule has 1 unspecified atom stereocenters. The van der Waals surface area contributed by atoms with E-state index in [-0.39, 0.29) is 11.6 Å². The molecule has 0 heterocycles. The third-order valence-electron chi connectivity index (χ3n) is 2.52. The molecule has 3 N–H and O–H groups in total. The molecular weight excluding hydrogens is 207 g/mol. The average molecular weight is 224 g/mol. The Bertz CT molecular complexity index is 379. The fourth-order valence-corrected chi connectivity index (χ4v) is 1.31. The molecule has 0 bridgehead atoms. The van der Waals surface area contributed by atoms with Crippen LogP contribution in [-0.2, 0) is 4.79 Å². The Labute approximate surface area is 94.8 Å². The van der Waals surface area contributed by atoms with Gasteiger partial charge in [-0.05, 0) is 24.1 Å². The Morgan fingerprint density at radius 1 is 1.56 bits per heavy atom. The van der Waals surface area contributed by atoms with Crippen LogP contribution in [0.3, 0.4) is 0 Å². The third-order valence-corrected chi connectivity index (χ3v) is 2.52. The normalized spacial score (nSPS) is 12.2. The lowest BCUT2D eigenvalue weighted by Gasteiger charge is -2.10. The number of nitrogens with one attached hydrogen (secondary N) is 1. The van der Waals surface area contributed by atoms with E-state index in [0.717, 1.165) is 6.42 Å². The van der Waals surface area contributed by atoms with Crippen molar-refractivity contribution in [2.24, 2.45) is 5.92 Å². The molecule has 0 fully saturated rings. The molecule has 0 aliphatic carbocycles. The van der Waals surface area contributed by atoms with Crippen molar-refractivity contribution >= 4 is 17.3 Å². The van der Waals surface area contributed by atoms with Gasteiger partial charge in [-0.15, -0.1) is 0 Å². The summed E-state index contributed by atoms with van der Waals surface area (Å²) in [6, 6.07) is 3.94. The third kappa shape index (κ3) is 3.53. The van der Waals surface area contributed by atoms with E-state index < -0.39 is 5.82 Å². The first-order valence-electron chi connectivity index (χ1n) is 5.37. The summed E-state index contributed by atoms with van der Waals surface area (Å²) >= 11 is 0. The lowest BCUT2D eigenvalue weighted by atomic mass is 10.0. The molecule has 0 aliphatic rings. The Morgan fingerprint density at radius 2 is 2.25 bits per heavy atom. The molecule has 4 heteroatoms. The number of anilines is 2.